The molecule has 16 heavy (non-hydrogen) atoms. The van der Waals surface area contributed by atoms with Gasteiger partial charge in [0.2, 0.25) is 0 Å². The number of anilines is 1. The van der Waals surface area contributed by atoms with Gasteiger partial charge < -0.3 is 4.90 Å². The second kappa shape index (κ2) is 6.26. The van der Waals surface area contributed by atoms with Gasteiger partial charge in [0.15, 0.2) is 6.29 Å². The van der Waals surface area contributed by atoms with Gasteiger partial charge in [-0.1, -0.05) is 20.3 Å². The van der Waals surface area contributed by atoms with E-state index < -0.39 is 0 Å². The van der Waals surface area contributed by atoms with Gasteiger partial charge in [0.25, 0.3) is 0 Å². The van der Waals surface area contributed by atoms with Crippen molar-refractivity contribution in [2.75, 3.05) is 18.0 Å². The van der Waals surface area contributed by atoms with Gasteiger partial charge in [-0.2, -0.15) is 0 Å². The number of pyridine rings is 1. The molecular formula is C13H20N2O. The fourth-order valence-electron chi connectivity index (χ4n) is 1.54. The van der Waals surface area contributed by atoms with E-state index in [0.717, 1.165) is 25.2 Å². The Labute approximate surface area is 97.5 Å². The first-order chi connectivity index (χ1) is 7.71. The van der Waals surface area contributed by atoms with Crippen molar-refractivity contribution in [1.82, 2.24) is 4.98 Å². The van der Waals surface area contributed by atoms with Gasteiger partial charge in [0.1, 0.15) is 5.82 Å². The summed E-state index contributed by atoms with van der Waals surface area (Å²) in [6.45, 7) is 8.51. The van der Waals surface area contributed by atoms with Crippen molar-refractivity contribution in [3.8, 4) is 0 Å². The average Bonchev–Trinajstić information content (AvgIpc) is 2.35. The summed E-state index contributed by atoms with van der Waals surface area (Å²) in [5, 5.41) is 0. The fraction of sp³-hybridized carbons (Fsp3) is 0.538. The quantitative estimate of drug-likeness (QED) is 0.691. The molecule has 1 atom stereocenters. The van der Waals surface area contributed by atoms with Crippen LogP contribution >= 0.6 is 0 Å². The summed E-state index contributed by atoms with van der Waals surface area (Å²) in [5.41, 5.74) is 0.628. The van der Waals surface area contributed by atoms with Gasteiger partial charge in [-0.25, -0.2) is 4.98 Å². The van der Waals surface area contributed by atoms with Gasteiger partial charge in [-0.15, -0.1) is 0 Å². The summed E-state index contributed by atoms with van der Waals surface area (Å²) < 4.78 is 0. The van der Waals surface area contributed by atoms with Crippen molar-refractivity contribution in [2.24, 2.45) is 5.92 Å². The lowest BCUT2D eigenvalue weighted by Crippen LogP contribution is -2.28. The normalized spacial score (nSPS) is 12.2. The van der Waals surface area contributed by atoms with E-state index >= 15 is 0 Å². The van der Waals surface area contributed by atoms with Crippen LogP contribution in [0, 0.1) is 5.92 Å². The Kier molecular flexibility index (Phi) is 4.96. The first-order valence-electron chi connectivity index (χ1n) is 5.87. The molecule has 3 nitrogen and oxygen atoms in total. The minimum absolute atomic E-state index is 0.628. The maximum absolute atomic E-state index is 10.5. The Morgan fingerprint density at radius 3 is 2.62 bits per heavy atom. The number of aldehydes is 1. The molecule has 88 valence electrons. The van der Waals surface area contributed by atoms with E-state index in [9.17, 15) is 4.79 Å². The molecule has 0 fully saturated rings. The van der Waals surface area contributed by atoms with Crippen molar-refractivity contribution in [3.63, 3.8) is 0 Å². The predicted octanol–water partition coefficient (Wildman–Crippen LogP) is 2.77. The second-order valence-electron chi connectivity index (χ2n) is 4.12. The Bertz CT molecular complexity index is 321. The number of aromatic nitrogens is 1. The Morgan fingerprint density at radius 2 is 2.19 bits per heavy atom. The average molecular weight is 220 g/mol. The van der Waals surface area contributed by atoms with Gasteiger partial charge in [0.05, 0.1) is 0 Å². The number of carbonyl (C=O) groups is 1. The summed E-state index contributed by atoms with van der Waals surface area (Å²) in [7, 11) is 0. The summed E-state index contributed by atoms with van der Waals surface area (Å²) in [5.74, 6) is 1.61. The molecule has 0 aromatic carbocycles. The summed E-state index contributed by atoms with van der Waals surface area (Å²) in [6.07, 6.45) is 3.62. The zero-order valence-electron chi connectivity index (χ0n) is 10.3. The Hall–Kier alpha value is -1.38. The molecule has 1 aromatic heterocycles. The molecule has 1 heterocycles. The van der Waals surface area contributed by atoms with Gasteiger partial charge >= 0.3 is 0 Å². The third-order valence-corrected chi connectivity index (χ3v) is 2.84. The van der Waals surface area contributed by atoms with Crippen molar-refractivity contribution < 1.29 is 4.79 Å². The van der Waals surface area contributed by atoms with E-state index in [1.165, 1.54) is 6.42 Å². The lowest BCUT2D eigenvalue weighted by molar-refractivity contribution is 0.112. The highest BCUT2D eigenvalue weighted by molar-refractivity contribution is 5.74. The van der Waals surface area contributed by atoms with Crippen molar-refractivity contribution >= 4 is 12.1 Å². The molecule has 1 unspecified atom stereocenters. The van der Waals surface area contributed by atoms with E-state index in [1.807, 2.05) is 12.1 Å². The summed E-state index contributed by atoms with van der Waals surface area (Å²) in [6, 6.07) is 3.73. The first kappa shape index (κ1) is 12.7. The Balaban J connectivity index is 2.74. The largest absolute Gasteiger partial charge is 0.357 e. The molecule has 1 aromatic rings. The zero-order valence-corrected chi connectivity index (χ0v) is 10.3. The maximum atomic E-state index is 10.5. The number of hydrogen-bond donors (Lipinski definition) is 0. The van der Waals surface area contributed by atoms with Crippen LogP contribution in [-0.4, -0.2) is 24.4 Å². The molecule has 0 radical (unpaired) electrons. The molecule has 0 bridgehead atoms. The molecule has 0 aliphatic heterocycles. The highest BCUT2D eigenvalue weighted by Gasteiger charge is 2.09. The topological polar surface area (TPSA) is 33.2 Å². The number of hydrogen-bond acceptors (Lipinski definition) is 3. The lowest BCUT2D eigenvalue weighted by Gasteiger charge is -2.25. The summed E-state index contributed by atoms with van der Waals surface area (Å²) in [4.78, 5) is 17.1. The molecule has 0 aliphatic rings. The van der Waals surface area contributed by atoms with E-state index in [0.29, 0.717) is 11.5 Å². The fourth-order valence-corrected chi connectivity index (χ4v) is 1.54. The predicted molar refractivity (Wildman–Crippen MR) is 67.0 cm³/mol. The number of rotatable bonds is 6. The van der Waals surface area contributed by atoms with Crippen LogP contribution in [0.4, 0.5) is 5.82 Å². The van der Waals surface area contributed by atoms with E-state index in [-0.39, 0.29) is 0 Å². The Morgan fingerprint density at radius 1 is 1.44 bits per heavy atom. The van der Waals surface area contributed by atoms with Crippen LogP contribution in [0.25, 0.3) is 0 Å². The third-order valence-electron chi connectivity index (χ3n) is 2.84. The maximum Gasteiger partial charge on any atom is 0.151 e. The van der Waals surface area contributed by atoms with Crippen LogP contribution in [0.5, 0.6) is 0 Å². The molecule has 0 saturated heterocycles. The van der Waals surface area contributed by atoms with E-state index in [1.54, 1.807) is 6.20 Å². The zero-order chi connectivity index (χ0) is 12.0. The van der Waals surface area contributed by atoms with Gasteiger partial charge in [-0.05, 0) is 25.0 Å². The molecule has 1 rings (SSSR count). The summed E-state index contributed by atoms with van der Waals surface area (Å²) >= 11 is 0. The van der Waals surface area contributed by atoms with Gasteiger partial charge in [0, 0.05) is 24.8 Å². The molecule has 0 amide bonds. The van der Waals surface area contributed by atoms with Gasteiger partial charge in [-0.3, -0.25) is 4.79 Å². The van der Waals surface area contributed by atoms with Crippen LogP contribution in [0.15, 0.2) is 18.3 Å². The SMILES string of the molecule is CCC(C)CN(CC)c1ccc(C=O)cn1. The molecular weight excluding hydrogens is 200 g/mol. The van der Waals surface area contributed by atoms with Crippen LogP contribution in [0.1, 0.15) is 37.6 Å². The molecule has 0 aliphatic carbocycles. The standard InChI is InChI=1S/C13H20N2O/c1-4-11(3)9-15(5-2)13-7-6-12(10-16)8-14-13/h6-8,10-11H,4-5,9H2,1-3H3. The van der Waals surface area contributed by atoms with Crippen molar-refractivity contribution in [1.29, 1.82) is 0 Å². The van der Waals surface area contributed by atoms with Crippen molar-refractivity contribution in [3.05, 3.63) is 23.9 Å². The lowest BCUT2D eigenvalue weighted by atomic mass is 10.1. The second-order valence-corrected chi connectivity index (χ2v) is 4.12. The molecule has 0 saturated carbocycles. The van der Waals surface area contributed by atoms with E-state index in [4.69, 9.17) is 0 Å². The minimum atomic E-state index is 0.628. The number of carbonyl (C=O) groups excluding carboxylic acids is 1. The van der Waals surface area contributed by atoms with E-state index in [2.05, 4.69) is 30.7 Å². The first-order valence-corrected chi connectivity index (χ1v) is 5.87. The van der Waals surface area contributed by atoms with Crippen molar-refractivity contribution in [2.45, 2.75) is 27.2 Å². The third kappa shape index (κ3) is 3.33. The molecule has 0 N–H and O–H groups in total. The highest BCUT2D eigenvalue weighted by atomic mass is 16.1. The monoisotopic (exact) mass is 220 g/mol. The van der Waals surface area contributed by atoms with Crippen LogP contribution in [0.2, 0.25) is 0 Å². The highest BCUT2D eigenvalue weighted by Crippen LogP contribution is 2.13. The van der Waals surface area contributed by atoms with Crippen LogP contribution in [0.3, 0.4) is 0 Å². The minimum Gasteiger partial charge on any atom is -0.357 e. The van der Waals surface area contributed by atoms with Crippen LogP contribution in [-0.2, 0) is 0 Å². The molecule has 0 spiro atoms. The number of nitrogens with zero attached hydrogens (tertiary/aromatic N) is 2. The van der Waals surface area contributed by atoms with Crippen LogP contribution < -0.4 is 4.90 Å². The molecule has 3 heteroatoms. The smallest absolute Gasteiger partial charge is 0.151 e.